The van der Waals surface area contributed by atoms with Crippen LogP contribution in [0.15, 0.2) is 33.0 Å². The summed E-state index contributed by atoms with van der Waals surface area (Å²) in [5.41, 5.74) is 1.40. The van der Waals surface area contributed by atoms with Crippen LogP contribution in [0.4, 0.5) is 0 Å². The summed E-state index contributed by atoms with van der Waals surface area (Å²) in [6, 6.07) is 1.79. The molecule has 0 fully saturated rings. The number of hydrogen-bond acceptors (Lipinski definition) is 5. The van der Waals surface area contributed by atoms with Crippen molar-refractivity contribution in [2.45, 2.75) is 37.3 Å². The normalized spacial score (nSPS) is 14.6. The summed E-state index contributed by atoms with van der Waals surface area (Å²) in [6.07, 6.45) is 8.13. The molecule has 0 aliphatic heterocycles. The fraction of sp³-hybridized carbons (Fsp3) is 0.471. The second-order valence-corrected chi connectivity index (χ2v) is 7.73. The van der Waals surface area contributed by atoms with Gasteiger partial charge in [0.15, 0.2) is 5.16 Å². The molecule has 0 saturated carbocycles. The SMILES string of the molecule is Cn1c(SCC(=O)NCCC2=CCCCC2)nc2sccc2c1=O. The largest absolute Gasteiger partial charge is 0.355 e. The Balaban J connectivity index is 1.52. The number of carbonyl (C=O) groups is 1. The Hall–Kier alpha value is -1.60. The maximum atomic E-state index is 12.2. The Morgan fingerprint density at radius 2 is 2.33 bits per heavy atom. The van der Waals surface area contributed by atoms with E-state index < -0.39 is 0 Å². The first kappa shape index (κ1) is 17.2. The van der Waals surface area contributed by atoms with Crippen molar-refractivity contribution in [2.75, 3.05) is 12.3 Å². The van der Waals surface area contributed by atoms with Crippen LogP contribution in [-0.2, 0) is 11.8 Å². The van der Waals surface area contributed by atoms with Crippen LogP contribution >= 0.6 is 23.1 Å². The standard InChI is InChI=1S/C17H21N3O2S2/c1-20-16(22)13-8-10-23-15(13)19-17(20)24-11-14(21)18-9-7-12-5-3-2-4-6-12/h5,8,10H,2-4,6-7,9,11H2,1H3,(H,18,21). The summed E-state index contributed by atoms with van der Waals surface area (Å²) in [7, 11) is 1.70. The second-order valence-electron chi connectivity index (χ2n) is 5.89. The van der Waals surface area contributed by atoms with E-state index in [0.717, 1.165) is 17.7 Å². The Kier molecular flexibility index (Phi) is 5.73. The predicted molar refractivity (Wildman–Crippen MR) is 99.8 cm³/mol. The van der Waals surface area contributed by atoms with Crippen LogP contribution in [0.5, 0.6) is 0 Å². The highest BCUT2D eigenvalue weighted by molar-refractivity contribution is 7.99. The lowest BCUT2D eigenvalue weighted by Crippen LogP contribution is -2.27. The van der Waals surface area contributed by atoms with Gasteiger partial charge in [-0.15, -0.1) is 11.3 Å². The lowest BCUT2D eigenvalue weighted by molar-refractivity contribution is -0.118. The van der Waals surface area contributed by atoms with E-state index in [-0.39, 0.29) is 17.2 Å². The molecular weight excluding hydrogens is 342 g/mol. The van der Waals surface area contributed by atoms with E-state index in [1.165, 1.54) is 52.5 Å². The molecule has 1 amide bonds. The van der Waals surface area contributed by atoms with Gasteiger partial charge in [-0.05, 0) is 43.6 Å². The van der Waals surface area contributed by atoms with Gasteiger partial charge in [-0.1, -0.05) is 23.4 Å². The molecular formula is C17H21N3O2S2. The van der Waals surface area contributed by atoms with Gasteiger partial charge in [0.25, 0.3) is 5.56 Å². The Bertz CT molecular complexity index is 823. The predicted octanol–water partition coefficient (Wildman–Crippen LogP) is 3.09. The van der Waals surface area contributed by atoms with E-state index in [4.69, 9.17) is 0 Å². The molecule has 0 bridgehead atoms. The van der Waals surface area contributed by atoms with Gasteiger partial charge in [0.2, 0.25) is 5.91 Å². The quantitative estimate of drug-likeness (QED) is 0.487. The van der Waals surface area contributed by atoms with Crippen molar-refractivity contribution < 1.29 is 4.79 Å². The van der Waals surface area contributed by atoms with Gasteiger partial charge in [0.05, 0.1) is 11.1 Å². The Morgan fingerprint density at radius 3 is 3.12 bits per heavy atom. The molecule has 0 aromatic carbocycles. The van der Waals surface area contributed by atoms with Crippen molar-refractivity contribution in [1.82, 2.24) is 14.9 Å². The molecule has 0 spiro atoms. The lowest BCUT2D eigenvalue weighted by Gasteiger charge is -2.13. The van der Waals surface area contributed by atoms with E-state index in [2.05, 4.69) is 16.4 Å². The van der Waals surface area contributed by atoms with E-state index in [1.807, 2.05) is 5.38 Å². The number of nitrogens with zero attached hydrogens (tertiary/aromatic N) is 2. The number of allylic oxidation sites excluding steroid dienone is 1. The molecule has 128 valence electrons. The van der Waals surface area contributed by atoms with Crippen LogP contribution < -0.4 is 10.9 Å². The third kappa shape index (κ3) is 4.08. The van der Waals surface area contributed by atoms with Crippen LogP contribution in [0.3, 0.4) is 0 Å². The van der Waals surface area contributed by atoms with Crippen molar-refractivity contribution in [3.05, 3.63) is 33.4 Å². The zero-order valence-corrected chi connectivity index (χ0v) is 15.3. The maximum Gasteiger partial charge on any atom is 0.262 e. The highest BCUT2D eigenvalue weighted by Gasteiger charge is 2.11. The maximum absolute atomic E-state index is 12.2. The minimum absolute atomic E-state index is 0.0167. The van der Waals surface area contributed by atoms with Gasteiger partial charge in [0, 0.05) is 13.6 Å². The van der Waals surface area contributed by atoms with Crippen molar-refractivity contribution in [2.24, 2.45) is 7.05 Å². The molecule has 2 aromatic rings. The number of hydrogen-bond donors (Lipinski definition) is 1. The highest BCUT2D eigenvalue weighted by atomic mass is 32.2. The third-order valence-corrected chi connectivity index (χ3v) is 5.99. The van der Waals surface area contributed by atoms with Crippen molar-refractivity contribution in [3.8, 4) is 0 Å². The zero-order valence-electron chi connectivity index (χ0n) is 13.7. The molecule has 1 N–H and O–H groups in total. The smallest absolute Gasteiger partial charge is 0.262 e. The molecule has 0 atom stereocenters. The van der Waals surface area contributed by atoms with Crippen LogP contribution in [-0.4, -0.2) is 27.8 Å². The fourth-order valence-corrected chi connectivity index (χ4v) is 4.39. The highest BCUT2D eigenvalue weighted by Crippen LogP contribution is 2.21. The van der Waals surface area contributed by atoms with Gasteiger partial charge < -0.3 is 5.32 Å². The third-order valence-electron chi connectivity index (χ3n) is 4.15. The number of carbonyl (C=O) groups excluding carboxylic acids is 1. The molecule has 3 rings (SSSR count). The fourth-order valence-electron chi connectivity index (χ4n) is 2.78. The summed E-state index contributed by atoms with van der Waals surface area (Å²) in [6.45, 7) is 0.682. The van der Waals surface area contributed by atoms with Crippen LogP contribution in [0, 0.1) is 0 Å². The molecule has 0 saturated heterocycles. The first-order chi connectivity index (χ1) is 11.6. The molecule has 2 heterocycles. The van der Waals surface area contributed by atoms with Gasteiger partial charge in [0.1, 0.15) is 4.83 Å². The van der Waals surface area contributed by atoms with Crippen molar-refractivity contribution in [1.29, 1.82) is 0 Å². The first-order valence-electron chi connectivity index (χ1n) is 8.17. The molecule has 5 nitrogen and oxygen atoms in total. The van der Waals surface area contributed by atoms with E-state index >= 15 is 0 Å². The minimum Gasteiger partial charge on any atom is -0.355 e. The summed E-state index contributed by atoms with van der Waals surface area (Å²) < 4.78 is 1.51. The van der Waals surface area contributed by atoms with E-state index in [9.17, 15) is 9.59 Å². The summed E-state index contributed by atoms with van der Waals surface area (Å²) in [5.74, 6) is 0.257. The Morgan fingerprint density at radius 1 is 1.46 bits per heavy atom. The lowest BCUT2D eigenvalue weighted by atomic mass is 9.97. The average molecular weight is 364 g/mol. The van der Waals surface area contributed by atoms with Crippen LogP contribution in [0.2, 0.25) is 0 Å². The molecule has 2 aromatic heterocycles. The molecule has 0 unspecified atom stereocenters. The number of aromatic nitrogens is 2. The van der Waals surface area contributed by atoms with Crippen molar-refractivity contribution >= 4 is 39.2 Å². The van der Waals surface area contributed by atoms with Crippen LogP contribution in [0.25, 0.3) is 10.2 Å². The number of rotatable bonds is 6. The zero-order chi connectivity index (χ0) is 16.9. The number of thioether (sulfide) groups is 1. The minimum atomic E-state index is -0.0617. The summed E-state index contributed by atoms with van der Waals surface area (Å²) in [5, 5.41) is 6.03. The van der Waals surface area contributed by atoms with Gasteiger partial charge in [-0.25, -0.2) is 4.98 Å². The molecule has 7 heteroatoms. The van der Waals surface area contributed by atoms with Gasteiger partial charge >= 0.3 is 0 Å². The average Bonchev–Trinajstić information content (AvgIpc) is 3.06. The van der Waals surface area contributed by atoms with Crippen molar-refractivity contribution in [3.63, 3.8) is 0 Å². The number of fused-ring (bicyclic) bond motifs is 1. The topological polar surface area (TPSA) is 64.0 Å². The molecule has 24 heavy (non-hydrogen) atoms. The van der Waals surface area contributed by atoms with E-state index in [1.54, 1.807) is 13.1 Å². The number of nitrogens with one attached hydrogen (secondary N) is 1. The second kappa shape index (κ2) is 7.98. The molecule has 1 aliphatic carbocycles. The summed E-state index contributed by atoms with van der Waals surface area (Å²) in [4.78, 5) is 29.4. The number of thiophene rings is 1. The molecule has 1 aliphatic rings. The van der Waals surface area contributed by atoms with Gasteiger partial charge in [-0.2, -0.15) is 0 Å². The first-order valence-corrected chi connectivity index (χ1v) is 10.0. The van der Waals surface area contributed by atoms with Crippen LogP contribution in [0.1, 0.15) is 32.1 Å². The Labute approximate surface area is 149 Å². The van der Waals surface area contributed by atoms with E-state index in [0.29, 0.717) is 17.1 Å². The molecule has 0 radical (unpaired) electrons. The monoisotopic (exact) mass is 363 g/mol. The van der Waals surface area contributed by atoms with Gasteiger partial charge in [-0.3, -0.25) is 14.2 Å². The number of amides is 1. The summed E-state index contributed by atoms with van der Waals surface area (Å²) >= 11 is 2.75.